The van der Waals surface area contributed by atoms with E-state index in [1.165, 1.54) is 21.2 Å². The van der Waals surface area contributed by atoms with Crippen LogP contribution >= 0.6 is 11.3 Å². The molecule has 5 nitrogen and oxygen atoms in total. The summed E-state index contributed by atoms with van der Waals surface area (Å²) in [4.78, 5) is 9.70. The summed E-state index contributed by atoms with van der Waals surface area (Å²) in [5.41, 5.74) is 8.13. The third kappa shape index (κ3) is 4.43. The molecule has 0 bridgehead atoms. The number of thiophene rings is 1. The van der Waals surface area contributed by atoms with Crippen molar-refractivity contribution in [1.29, 1.82) is 0 Å². The zero-order valence-corrected chi connectivity index (χ0v) is 28.7. The SMILES string of the molecule is CC(C)(C)c1ccnc(-c2cc(Oc3ccc4c5ccccc5n(-c5cc(C(C)(C)C)ccn5)c4c3)c3sc4cccc5oc2c3c54)c1. The molecule has 5 aromatic heterocycles. The Morgan fingerprint density at radius 3 is 2.25 bits per heavy atom. The van der Waals surface area contributed by atoms with Crippen LogP contribution in [0.3, 0.4) is 0 Å². The van der Waals surface area contributed by atoms with Gasteiger partial charge in [-0.05, 0) is 82.6 Å². The lowest BCUT2D eigenvalue weighted by atomic mass is 9.87. The largest absolute Gasteiger partial charge is 0.456 e. The normalized spacial score (nSPS) is 12.8. The van der Waals surface area contributed by atoms with E-state index in [9.17, 15) is 0 Å². The minimum absolute atomic E-state index is 0.00124. The number of hydrogen-bond donors (Lipinski definition) is 0. The second-order valence-electron chi connectivity index (χ2n) is 14.8. The molecule has 0 spiro atoms. The van der Waals surface area contributed by atoms with Crippen LogP contribution < -0.4 is 4.74 Å². The monoisotopic (exact) mass is 645 g/mol. The summed E-state index contributed by atoms with van der Waals surface area (Å²) < 4.78 is 18.0. The van der Waals surface area contributed by atoms with Crippen molar-refractivity contribution in [2.45, 2.75) is 52.4 Å². The number of benzene rings is 4. The number of nitrogens with zero attached hydrogens (tertiary/aromatic N) is 3. The molecule has 0 aliphatic carbocycles. The molecular weight excluding hydrogens is 611 g/mol. The maximum absolute atomic E-state index is 6.93. The van der Waals surface area contributed by atoms with Gasteiger partial charge in [0, 0.05) is 44.9 Å². The Kier molecular flexibility index (Phi) is 6.13. The lowest BCUT2D eigenvalue weighted by Crippen LogP contribution is -2.12. The number of aromatic nitrogens is 3. The van der Waals surface area contributed by atoms with E-state index in [-0.39, 0.29) is 10.8 Å². The number of hydrogen-bond acceptors (Lipinski definition) is 5. The number of fused-ring (bicyclic) bond motifs is 3. The molecular formula is C42H35N3O2S. The average molecular weight is 646 g/mol. The Morgan fingerprint density at radius 2 is 1.44 bits per heavy atom. The fourth-order valence-corrected chi connectivity index (χ4v) is 8.08. The third-order valence-electron chi connectivity index (χ3n) is 9.48. The van der Waals surface area contributed by atoms with Crippen molar-refractivity contribution in [1.82, 2.24) is 14.5 Å². The van der Waals surface area contributed by atoms with Gasteiger partial charge >= 0.3 is 0 Å². The molecule has 5 heterocycles. The molecule has 0 saturated heterocycles. The van der Waals surface area contributed by atoms with E-state index >= 15 is 0 Å². The molecule has 0 atom stereocenters. The van der Waals surface area contributed by atoms with Gasteiger partial charge in [-0.3, -0.25) is 9.55 Å². The number of furan rings is 1. The van der Waals surface area contributed by atoms with Gasteiger partial charge in [-0.25, -0.2) is 4.98 Å². The van der Waals surface area contributed by atoms with Crippen LogP contribution in [0.5, 0.6) is 11.5 Å². The van der Waals surface area contributed by atoms with Crippen molar-refractivity contribution >= 4 is 64.5 Å². The van der Waals surface area contributed by atoms with Crippen LogP contribution in [0.2, 0.25) is 0 Å². The molecule has 0 saturated carbocycles. The molecule has 48 heavy (non-hydrogen) atoms. The number of para-hydroxylation sites is 1. The highest BCUT2D eigenvalue weighted by Crippen LogP contribution is 2.51. The molecule has 0 unspecified atom stereocenters. The Labute approximate surface area is 282 Å². The maximum atomic E-state index is 6.93. The van der Waals surface area contributed by atoms with Crippen molar-refractivity contribution in [3.05, 3.63) is 115 Å². The lowest BCUT2D eigenvalue weighted by Gasteiger charge is -2.20. The molecule has 0 fully saturated rings. The van der Waals surface area contributed by atoms with Gasteiger partial charge in [0.2, 0.25) is 0 Å². The standard InChI is InChI=1S/C42H35N3O2S/c1-41(2,3)24-16-18-43-30(20-24)29-23-34(40-38-37-33(47-39(29)38)12-9-13-35(37)48-40)46-26-14-15-28-27-10-7-8-11-31(27)45(32(28)22-26)36-21-25(17-19-44-36)42(4,5)6/h7-23H,1-6H3. The molecule has 0 aliphatic heterocycles. The average Bonchev–Trinajstić information content (AvgIpc) is 3.75. The van der Waals surface area contributed by atoms with Crippen molar-refractivity contribution in [2.24, 2.45) is 0 Å². The van der Waals surface area contributed by atoms with E-state index in [1.54, 1.807) is 11.3 Å². The number of rotatable bonds is 4. The first-order valence-electron chi connectivity index (χ1n) is 16.4. The minimum atomic E-state index is -0.0178. The molecule has 236 valence electrons. The Bertz CT molecular complexity index is 2680. The van der Waals surface area contributed by atoms with E-state index in [0.717, 1.165) is 71.6 Å². The van der Waals surface area contributed by atoms with Crippen LogP contribution in [-0.2, 0) is 10.8 Å². The Morgan fingerprint density at radius 1 is 0.688 bits per heavy atom. The summed E-state index contributed by atoms with van der Waals surface area (Å²) in [5.74, 6) is 2.44. The van der Waals surface area contributed by atoms with Gasteiger partial charge in [0.1, 0.15) is 28.5 Å². The highest BCUT2D eigenvalue weighted by Gasteiger charge is 2.25. The van der Waals surface area contributed by atoms with Crippen molar-refractivity contribution in [3.63, 3.8) is 0 Å². The van der Waals surface area contributed by atoms with Crippen LogP contribution in [0.4, 0.5) is 0 Å². The molecule has 0 radical (unpaired) electrons. The predicted molar refractivity (Wildman–Crippen MR) is 200 cm³/mol. The van der Waals surface area contributed by atoms with Crippen LogP contribution in [-0.4, -0.2) is 14.5 Å². The third-order valence-corrected chi connectivity index (χ3v) is 10.6. The predicted octanol–water partition coefficient (Wildman–Crippen LogP) is 12.2. The van der Waals surface area contributed by atoms with Gasteiger partial charge in [0.25, 0.3) is 0 Å². The fraction of sp³-hybridized carbons (Fsp3) is 0.190. The zero-order chi connectivity index (χ0) is 32.9. The summed E-state index contributed by atoms with van der Waals surface area (Å²) >= 11 is 1.74. The summed E-state index contributed by atoms with van der Waals surface area (Å²) in [5, 5.41) is 4.58. The molecule has 9 aromatic rings. The number of ether oxygens (including phenoxy) is 1. The quantitative estimate of drug-likeness (QED) is 0.191. The van der Waals surface area contributed by atoms with Gasteiger partial charge in [-0.15, -0.1) is 11.3 Å². The van der Waals surface area contributed by atoms with E-state index in [0.29, 0.717) is 0 Å². The van der Waals surface area contributed by atoms with E-state index in [4.69, 9.17) is 19.1 Å². The van der Waals surface area contributed by atoms with Crippen molar-refractivity contribution in [3.8, 4) is 28.6 Å². The minimum Gasteiger partial charge on any atom is -0.456 e. The molecule has 4 aromatic carbocycles. The van der Waals surface area contributed by atoms with Crippen LogP contribution in [0.25, 0.3) is 70.2 Å². The maximum Gasteiger partial charge on any atom is 0.146 e. The summed E-state index contributed by atoms with van der Waals surface area (Å²) in [6.07, 6.45) is 3.81. The topological polar surface area (TPSA) is 53.1 Å². The van der Waals surface area contributed by atoms with Crippen molar-refractivity contribution < 1.29 is 9.15 Å². The first-order chi connectivity index (χ1) is 23.0. The van der Waals surface area contributed by atoms with Gasteiger partial charge in [0.15, 0.2) is 0 Å². The summed E-state index contributed by atoms with van der Waals surface area (Å²) in [6, 6.07) is 31.9. The molecule has 0 N–H and O–H groups in total. The second-order valence-corrected chi connectivity index (χ2v) is 15.8. The summed E-state index contributed by atoms with van der Waals surface area (Å²) in [6.45, 7) is 13.4. The van der Waals surface area contributed by atoms with Crippen LogP contribution in [0.15, 0.2) is 108 Å². The molecule has 0 amide bonds. The van der Waals surface area contributed by atoms with Gasteiger partial charge in [-0.2, -0.15) is 0 Å². The van der Waals surface area contributed by atoms with E-state index < -0.39 is 0 Å². The highest BCUT2D eigenvalue weighted by atomic mass is 32.1. The highest BCUT2D eigenvalue weighted by molar-refractivity contribution is 7.26. The van der Waals surface area contributed by atoms with Crippen LogP contribution in [0, 0.1) is 0 Å². The molecule has 0 aliphatic rings. The molecule has 6 heteroatoms. The Hall–Kier alpha value is -5.20. The first-order valence-corrected chi connectivity index (χ1v) is 17.2. The molecule has 9 rings (SSSR count). The van der Waals surface area contributed by atoms with E-state index in [2.05, 4.69) is 131 Å². The van der Waals surface area contributed by atoms with E-state index in [1.807, 2.05) is 18.5 Å². The van der Waals surface area contributed by atoms with Gasteiger partial charge in [0.05, 0.1) is 26.8 Å². The number of pyridine rings is 2. The van der Waals surface area contributed by atoms with Crippen molar-refractivity contribution in [2.75, 3.05) is 0 Å². The smallest absolute Gasteiger partial charge is 0.146 e. The zero-order valence-electron chi connectivity index (χ0n) is 27.9. The Balaban J connectivity index is 1.26. The summed E-state index contributed by atoms with van der Waals surface area (Å²) in [7, 11) is 0. The van der Waals surface area contributed by atoms with Crippen LogP contribution in [0.1, 0.15) is 52.7 Å². The lowest BCUT2D eigenvalue weighted by molar-refractivity contribution is 0.490. The first kappa shape index (κ1) is 29.0. The van der Waals surface area contributed by atoms with Gasteiger partial charge < -0.3 is 9.15 Å². The fourth-order valence-electron chi connectivity index (χ4n) is 6.91. The second kappa shape index (κ2) is 10.1. The van der Waals surface area contributed by atoms with Gasteiger partial charge in [-0.1, -0.05) is 65.8 Å².